The second-order valence-corrected chi connectivity index (χ2v) is 5.35. The van der Waals surface area contributed by atoms with E-state index in [9.17, 15) is 0 Å². The molecule has 0 aromatic carbocycles. The Morgan fingerprint density at radius 3 is 2.83 bits per heavy atom. The van der Waals surface area contributed by atoms with Crippen molar-refractivity contribution in [1.29, 1.82) is 0 Å². The van der Waals surface area contributed by atoms with E-state index in [1.165, 1.54) is 0 Å². The number of hydrogen-bond donors (Lipinski definition) is 0. The molecule has 0 radical (unpaired) electrons. The number of pyridine rings is 1. The van der Waals surface area contributed by atoms with Crippen LogP contribution in [0, 0.1) is 0 Å². The summed E-state index contributed by atoms with van der Waals surface area (Å²) >= 11 is 11.8. The minimum Gasteiger partial charge on any atom is -0.381 e. The topological polar surface area (TPSA) is 31.4 Å². The molecule has 1 saturated carbocycles. The lowest BCUT2D eigenvalue weighted by Crippen LogP contribution is -2.27. The zero-order chi connectivity index (χ0) is 13.0. The largest absolute Gasteiger partial charge is 0.381 e. The lowest BCUT2D eigenvalue weighted by atomic mass is 9.95. The van der Waals surface area contributed by atoms with E-state index >= 15 is 0 Å². The van der Waals surface area contributed by atoms with Crippen molar-refractivity contribution in [3.8, 4) is 0 Å². The number of rotatable bonds is 4. The zero-order valence-electron chi connectivity index (χ0n) is 10.4. The molecule has 1 heterocycles. The number of ether oxygens (including phenoxy) is 2. The summed E-state index contributed by atoms with van der Waals surface area (Å²) in [6.07, 6.45) is 6.54. The van der Waals surface area contributed by atoms with Gasteiger partial charge in [0.25, 0.3) is 0 Å². The van der Waals surface area contributed by atoms with Gasteiger partial charge in [0.2, 0.25) is 0 Å². The Morgan fingerprint density at radius 1 is 1.33 bits per heavy atom. The molecule has 0 N–H and O–H groups in total. The summed E-state index contributed by atoms with van der Waals surface area (Å²) < 4.78 is 11.3. The lowest BCUT2D eigenvalue weighted by molar-refractivity contribution is -0.0363. The number of methoxy groups -OCH3 is 1. The van der Waals surface area contributed by atoms with Crippen molar-refractivity contribution in [2.75, 3.05) is 7.11 Å². The molecule has 3 nitrogen and oxygen atoms in total. The third-order valence-electron chi connectivity index (χ3n) is 3.28. The van der Waals surface area contributed by atoms with Crippen molar-refractivity contribution < 1.29 is 9.47 Å². The van der Waals surface area contributed by atoms with Crippen molar-refractivity contribution in [3.05, 3.63) is 28.0 Å². The van der Waals surface area contributed by atoms with Gasteiger partial charge in [0.15, 0.2) is 0 Å². The summed E-state index contributed by atoms with van der Waals surface area (Å²) in [5, 5.41) is 1.01. The summed E-state index contributed by atoms with van der Waals surface area (Å²) in [4.78, 5) is 4.01. The molecular weight excluding hydrogens is 273 g/mol. The average Bonchev–Trinajstić information content (AvgIpc) is 2.38. The summed E-state index contributed by atoms with van der Waals surface area (Å²) in [6.45, 7) is 0.476. The van der Waals surface area contributed by atoms with E-state index in [-0.39, 0.29) is 6.10 Å². The van der Waals surface area contributed by atoms with Gasteiger partial charge in [-0.1, -0.05) is 23.2 Å². The molecule has 1 fully saturated rings. The molecule has 0 saturated heterocycles. The second-order valence-electron chi connectivity index (χ2n) is 4.56. The molecule has 18 heavy (non-hydrogen) atoms. The molecule has 1 aromatic heterocycles. The van der Waals surface area contributed by atoms with Crippen LogP contribution >= 0.6 is 23.2 Å². The lowest BCUT2D eigenvalue weighted by Gasteiger charge is -2.28. The molecule has 0 amide bonds. The van der Waals surface area contributed by atoms with Crippen LogP contribution in [0.4, 0.5) is 0 Å². The van der Waals surface area contributed by atoms with Crippen LogP contribution in [0.25, 0.3) is 0 Å². The van der Waals surface area contributed by atoms with Gasteiger partial charge < -0.3 is 9.47 Å². The number of aromatic nitrogens is 1. The summed E-state index contributed by atoms with van der Waals surface area (Å²) in [7, 11) is 1.76. The first kappa shape index (κ1) is 14.1. The molecule has 0 spiro atoms. The first-order valence-corrected chi connectivity index (χ1v) is 6.89. The fourth-order valence-corrected chi connectivity index (χ4v) is 2.64. The van der Waals surface area contributed by atoms with Crippen LogP contribution in [-0.4, -0.2) is 24.3 Å². The fraction of sp³-hybridized carbons (Fsp3) is 0.615. The normalized spacial score (nSPS) is 24.2. The van der Waals surface area contributed by atoms with E-state index in [4.69, 9.17) is 32.7 Å². The van der Waals surface area contributed by atoms with Crippen LogP contribution in [-0.2, 0) is 16.1 Å². The van der Waals surface area contributed by atoms with Crippen molar-refractivity contribution in [2.24, 2.45) is 0 Å². The molecule has 0 aliphatic heterocycles. The third-order valence-corrected chi connectivity index (χ3v) is 3.84. The van der Waals surface area contributed by atoms with E-state index in [0.29, 0.717) is 22.9 Å². The van der Waals surface area contributed by atoms with E-state index < -0.39 is 0 Å². The molecule has 1 aliphatic rings. The Bertz CT molecular complexity index is 401. The quantitative estimate of drug-likeness (QED) is 0.789. The van der Waals surface area contributed by atoms with E-state index in [2.05, 4.69) is 4.98 Å². The molecule has 100 valence electrons. The molecule has 1 aromatic rings. The second kappa shape index (κ2) is 6.71. The summed E-state index contributed by atoms with van der Waals surface area (Å²) in [6, 6.07) is 1.64. The predicted molar refractivity (Wildman–Crippen MR) is 72.1 cm³/mol. The Kier molecular flexibility index (Phi) is 5.25. The van der Waals surface area contributed by atoms with Gasteiger partial charge in [0.05, 0.1) is 23.8 Å². The predicted octanol–water partition coefficient (Wildman–Crippen LogP) is 3.86. The van der Waals surface area contributed by atoms with Gasteiger partial charge in [-0.25, -0.2) is 4.98 Å². The van der Waals surface area contributed by atoms with Gasteiger partial charge in [-0.2, -0.15) is 0 Å². The highest BCUT2D eigenvalue weighted by molar-refractivity contribution is 6.34. The van der Waals surface area contributed by atoms with E-state index in [0.717, 1.165) is 31.2 Å². The standard InChI is InChI=1S/C13H17Cl2NO2/c1-17-10-3-2-4-11(5-10)18-8-9-7-16-13(15)6-12(9)14/h6-7,10-11H,2-5,8H2,1H3. The summed E-state index contributed by atoms with van der Waals surface area (Å²) in [5.41, 5.74) is 0.876. The van der Waals surface area contributed by atoms with Crippen LogP contribution in [0.15, 0.2) is 12.3 Å². The monoisotopic (exact) mass is 289 g/mol. The summed E-state index contributed by atoms with van der Waals surface area (Å²) in [5.74, 6) is 0. The SMILES string of the molecule is COC1CCCC(OCc2cnc(Cl)cc2Cl)C1. The van der Waals surface area contributed by atoms with Gasteiger partial charge in [0, 0.05) is 18.9 Å². The highest BCUT2D eigenvalue weighted by Gasteiger charge is 2.22. The van der Waals surface area contributed by atoms with Crippen molar-refractivity contribution in [1.82, 2.24) is 4.98 Å². The van der Waals surface area contributed by atoms with Gasteiger partial charge in [-0.15, -0.1) is 0 Å². The van der Waals surface area contributed by atoms with E-state index in [1.54, 1.807) is 19.4 Å². The Balaban J connectivity index is 1.87. The van der Waals surface area contributed by atoms with Gasteiger partial charge in [-0.05, 0) is 31.7 Å². The first-order valence-electron chi connectivity index (χ1n) is 6.13. The first-order chi connectivity index (χ1) is 8.69. The Morgan fingerprint density at radius 2 is 2.11 bits per heavy atom. The molecule has 1 aliphatic carbocycles. The number of hydrogen-bond acceptors (Lipinski definition) is 3. The van der Waals surface area contributed by atoms with Gasteiger partial charge in [0.1, 0.15) is 5.15 Å². The van der Waals surface area contributed by atoms with Crippen LogP contribution < -0.4 is 0 Å². The fourth-order valence-electron chi connectivity index (χ4n) is 2.22. The smallest absolute Gasteiger partial charge is 0.130 e. The number of halogens is 2. The van der Waals surface area contributed by atoms with Crippen LogP contribution in [0.3, 0.4) is 0 Å². The third kappa shape index (κ3) is 3.82. The van der Waals surface area contributed by atoms with E-state index in [1.807, 2.05) is 0 Å². The average molecular weight is 290 g/mol. The molecular formula is C13H17Cl2NO2. The number of nitrogens with zero attached hydrogens (tertiary/aromatic N) is 1. The minimum atomic E-state index is 0.246. The molecule has 5 heteroatoms. The Hall–Kier alpha value is -0.350. The van der Waals surface area contributed by atoms with Gasteiger partial charge >= 0.3 is 0 Å². The molecule has 0 bridgehead atoms. The maximum atomic E-state index is 6.07. The zero-order valence-corrected chi connectivity index (χ0v) is 11.9. The Labute approximate surface area is 117 Å². The molecule has 2 atom stereocenters. The highest BCUT2D eigenvalue weighted by Crippen LogP contribution is 2.25. The van der Waals surface area contributed by atoms with Crippen LogP contribution in [0.2, 0.25) is 10.2 Å². The minimum absolute atomic E-state index is 0.246. The van der Waals surface area contributed by atoms with Crippen molar-refractivity contribution in [2.45, 2.75) is 44.5 Å². The maximum absolute atomic E-state index is 6.07. The van der Waals surface area contributed by atoms with Crippen LogP contribution in [0.5, 0.6) is 0 Å². The van der Waals surface area contributed by atoms with Crippen molar-refractivity contribution >= 4 is 23.2 Å². The molecule has 2 rings (SSSR count). The van der Waals surface area contributed by atoms with Crippen molar-refractivity contribution in [3.63, 3.8) is 0 Å². The van der Waals surface area contributed by atoms with Crippen LogP contribution in [0.1, 0.15) is 31.2 Å². The molecule has 2 unspecified atom stereocenters. The maximum Gasteiger partial charge on any atom is 0.130 e. The van der Waals surface area contributed by atoms with Gasteiger partial charge in [-0.3, -0.25) is 0 Å². The highest BCUT2D eigenvalue weighted by atomic mass is 35.5.